The first-order chi connectivity index (χ1) is 7.83. The van der Waals surface area contributed by atoms with E-state index in [9.17, 15) is 4.79 Å². The van der Waals surface area contributed by atoms with Gasteiger partial charge in [-0.3, -0.25) is 0 Å². The summed E-state index contributed by atoms with van der Waals surface area (Å²) in [5.41, 5.74) is 0.951. The minimum absolute atomic E-state index is 0.296. The van der Waals surface area contributed by atoms with Gasteiger partial charge in [0, 0.05) is 6.07 Å². The summed E-state index contributed by atoms with van der Waals surface area (Å²) >= 11 is 0. The standard InChI is InChI=1S/C11H10N3O2/c1-2-16-11(15)10-8-12-13-14(10)9-6-4-3-5-7-9/h3-6,8H,2H2,1H3. The van der Waals surface area contributed by atoms with Gasteiger partial charge in [-0.15, -0.1) is 5.10 Å². The van der Waals surface area contributed by atoms with E-state index < -0.39 is 5.97 Å². The van der Waals surface area contributed by atoms with Crippen molar-refractivity contribution in [2.75, 3.05) is 6.61 Å². The average Bonchev–Trinajstić information content (AvgIpc) is 2.79. The van der Waals surface area contributed by atoms with E-state index in [0.717, 1.165) is 0 Å². The van der Waals surface area contributed by atoms with Crippen molar-refractivity contribution in [1.82, 2.24) is 15.0 Å². The maximum Gasteiger partial charge on any atom is 0.358 e. The number of benzene rings is 1. The van der Waals surface area contributed by atoms with E-state index in [1.165, 1.54) is 10.9 Å². The second kappa shape index (κ2) is 4.57. The fraction of sp³-hybridized carbons (Fsp3) is 0.182. The lowest BCUT2D eigenvalue weighted by Gasteiger charge is -2.04. The summed E-state index contributed by atoms with van der Waals surface area (Å²) in [6.45, 7) is 2.07. The topological polar surface area (TPSA) is 57.0 Å². The Bertz CT molecular complexity index is 479. The number of aromatic nitrogens is 3. The van der Waals surface area contributed by atoms with Crippen LogP contribution < -0.4 is 0 Å². The SMILES string of the molecule is CCOC(=O)c1cnnn1-c1[c]cccc1. The molecule has 0 spiro atoms. The number of para-hydroxylation sites is 1. The molecule has 0 aliphatic rings. The van der Waals surface area contributed by atoms with Crippen LogP contribution >= 0.6 is 0 Å². The summed E-state index contributed by atoms with van der Waals surface area (Å²) in [6, 6.07) is 10.2. The van der Waals surface area contributed by atoms with Crippen LogP contribution in [0.5, 0.6) is 0 Å². The van der Waals surface area contributed by atoms with Crippen LogP contribution in [0, 0.1) is 6.07 Å². The molecule has 2 aromatic rings. The van der Waals surface area contributed by atoms with Crippen LogP contribution in [0.1, 0.15) is 17.4 Å². The summed E-state index contributed by atoms with van der Waals surface area (Å²) in [4.78, 5) is 11.6. The Hall–Kier alpha value is -2.17. The number of hydrogen-bond donors (Lipinski definition) is 0. The number of nitrogens with zero attached hydrogens (tertiary/aromatic N) is 3. The number of rotatable bonds is 3. The van der Waals surface area contributed by atoms with Crippen LogP contribution in [0.2, 0.25) is 0 Å². The summed E-state index contributed by atoms with van der Waals surface area (Å²) in [7, 11) is 0. The van der Waals surface area contributed by atoms with Gasteiger partial charge >= 0.3 is 5.97 Å². The van der Waals surface area contributed by atoms with E-state index in [4.69, 9.17) is 4.74 Å². The Kier molecular flexibility index (Phi) is 2.95. The van der Waals surface area contributed by atoms with E-state index in [-0.39, 0.29) is 0 Å². The van der Waals surface area contributed by atoms with E-state index in [0.29, 0.717) is 18.0 Å². The molecule has 1 aromatic carbocycles. The molecule has 16 heavy (non-hydrogen) atoms. The average molecular weight is 216 g/mol. The van der Waals surface area contributed by atoms with Gasteiger partial charge in [0.25, 0.3) is 0 Å². The predicted octanol–water partition coefficient (Wildman–Crippen LogP) is 1.24. The number of carbonyl (C=O) groups excluding carboxylic acids is 1. The van der Waals surface area contributed by atoms with Crippen LogP contribution in [-0.4, -0.2) is 27.6 Å². The van der Waals surface area contributed by atoms with Crippen molar-refractivity contribution in [3.63, 3.8) is 0 Å². The lowest BCUT2D eigenvalue weighted by atomic mass is 10.3. The fourth-order valence-electron chi connectivity index (χ4n) is 1.27. The molecule has 0 saturated heterocycles. The van der Waals surface area contributed by atoms with Crippen molar-refractivity contribution < 1.29 is 9.53 Å². The number of esters is 1. The molecule has 2 rings (SSSR count). The third-order valence-corrected chi connectivity index (χ3v) is 1.95. The monoisotopic (exact) mass is 216 g/mol. The maximum atomic E-state index is 11.6. The maximum absolute atomic E-state index is 11.6. The molecule has 0 aliphatic carbocycles. The Morgan fingerprint density at radius 3 is 3.12 bits per heavy atom. The Morgan fingerprint density at radius 1 is 1.56 bits per heavy atom. The van der Waals surface area contributed by atoms with Crippen molar-refractivity contribution in [2.24, 2.45) is 0 Å². The van der Waals surface area contributed by atoms with Crippen molar-refractivity contribution in [2.45, 2.75) is 6.92 Å². The molecule has 1 heterocycles. The molecule has 0 N–H and O–H groups in total. The van der Waals surface area contributed by atoms with Crippen molar-refractivity contribution in [3.05, 3.63) is 42.2 Å². The summed E-state index contributed by atoms with van der Waals surface area (Å²) in [5, 5.41) is 7.52. The number of ether oxygens (including phenoxy) is 1. The molecule has 0 unspecified atom stereocenters. The Morgan fingerprint density at radius 2 is 2.44 bits per heavy atom. The minimum atomic E-state index is -0.440. The molecule has 0 bridgehead atoms. The number of carbonyl (C=O) groups is 1. The lowest BCUT2D eigenvalue weighted by Crippen LogP contribution is -2.11. The highest BCUT2D eigenvalue weighted by Gasteiger charge is 2.15. The van der Waals surface area contributed by atoms with Crippen molar-refractivity contribution in [1.29, 1.82) is 0 Å². The molecule has 0 fully saturated rings. The largest absolute Gasteiger partial charge is 0.461 e. The molecule has 5 nitrogen and oxygen atoms in total. The van der Waals surface area contributed by atoms with Gasteiger partial charge in [0.1, 0.15) is 0 Å². The van der Waals surface area contributed by atoms with Gasteiger partial charge in [0.05, 0.1) is 18.5 Å². The quantitative estimate of drug-likeness (QED) is 0.724. The minimum Gasteiger partial charge on any atom is -0.461 e. The molecule has 1 radical (unpaired) electrons. The molecule has 5 heteroatoms. The van der Waals surface area contributed by atoms with Crippen molar-refractivity contribution >= 4 is 5.97 Å². The second-order valence-electron chi connectivity index (χ2n) is 3.00. The zero-order valence-electron chi connectivity index (χ0n) is 8.75. The van der Waals surface area contributed by atoms with E-state index in [1.54, 1.807) is 19.1 Å². The molecule has 1 aromatic heterocycles. The molecular weight excluding hydrogens is 206 g/mol. The Balaban J connectivity index is 2.37. The third-order valence-electron chi connectivity index (χ3n) is 1.95. The van der Waals surface area contributed by atoms with Gasteiger partial charge in [0.15, 0.2) is 5.69 Å². The molecule has 0 atom stereocenters. The lowest BCUT2D eigenvalue weighted by molar-refractivity contribution is 0.0515. The molecule has 0 saturated carbocycles. The predicted molar refractivity (Wildman–Crippen MR) is 56.2 cm³/mol. The van der Waals surface area contributed by atoms with Crippen LogP contribution in [0.25, 0.3) is 5.69 Å². The summed E-state index contributed by atoms with van der Waals surface area (Å²) in [5.74, 6) is -0.440. The normalized spacial score (nSPS) is 10.1. The Labute approximate surface area is 92.7 Å². The smallest absolute Gasteiger partial charge is 0.358 e. The first-order valence-electron chi connectivity index (χ1n) is 4.88. The first kappa shape index (κ1) is 10.4. The molecular formula is C11H10N3O2. The zero-order valence-corrected chi connectivity index (χ0v) is 8.75. The highest BCUT2D eigenvalue weighted by Crippen LogP contribution is 2.08. The van der Waals surface area contributed by atoms with Gasteiger partial charge in [-0.1, -0.05) is 23.4 Å². The highest BCUT2D eigenvalue weighted by molar-refractivity contribution is 5.87. The van der Waals surface area contributed by atoms with Gasteiger partial charge in [-0.05, 0) is 13.0 Å². The van der Waals surface area contributed by atoms with Crippen LogP contribution in [0.15, 0.2) is 30.5 Å². The fourth-order valence-corrected chi connectivity index (χ4v) is 1.27. The third kappa shape index (κ3) is 1.93. The van der Waals surface area contributed by atoms with Gasteiger partial charge in [-0.2, -0.15) is 0 Å². The summed E-state index contributed by atoms with van der Waals surface area (Å²) in [6.07, 6.45) is 1.37. The van der Waals surface area contributed by atoms with Gasteiger partial charge in [0.2, 0.25) is 0 Å². The van der Waals surface area contributed by atoms with Crippen LogP contribution in [-0.2, 0) is 4.74 Å². The zero-order chi connectivity index (χ0) is 11.4. The van der Waals surface area contributed by atoms with Gasteiger partial charge < -0.3 is 4.74 Å². The van der Waals surface area contributed by atoms with E-state index >= 15 is 0 Å². The first-order valence-corrected chi connectivity index (χ1v) is 4.88. The van der Waals surface area contributed by atoms with Crippen LogP contribution in [0.3, 0.4) is 0 Å². The van der Waals surface area contributed by atoms with E-state index in [1.807, 2.05) is 12.1 Å². The molecule has 0 aliphatic heterocycles. The van der Waals surface area contributed by atoms with Gasteiger partial charge in [-0.25, -0.2) is 9.48 Å². The van der Waals surface area contributed by atoms with Crippen molar-refractivity contribution in [3.8, 4) is 5.69 Å². The van der Waals surface area contributed by atoms with E-state index in [2.05, 4.69) is 16.4 Å². The molecule has 81 valence electrons. The van der Waals surface area contributed by atoms with Crippen LogP contribution in [0.4, 0.5) is 0 Å². The summed E-state index contributed by atoms with van der Waals surface area (Å²) < 4.78 is 6.30. The second-order valence-corrected chi connectivity index (χ2v) is 3.00. The molecule has 0 amide bonds. The number of hydrogen-bond acceptors (Lipinski definition) is 4. The highest BCUT2D eigenvalue weighted by atomic mass is 16.5.